The number of fused-ring (bicyclic) bond motifs is 1. The van der Waals surface area contributed by atoms with Crippen LogP contribution in [0.1, 0.15) is 31.5 Å². The largest absolute Gasteiger partial charge is 0.497 e. The summed E-state index contributed by atoms with van der Waals surface area (Å²) in [6.07, 6.45) is 6.28. The van der Waals surface area contributed by atoms with Gasteiger partial charge in [0.15, 0.2) is 17.4 Å². The van der Waals surface area contributed by atoms with E-state index in [9.17, 15) is 4.79 Å². The van der Waals surface area contributed by atoms with Crippen LogP contribution in [0.4, 0.5) is 17.3 Å². The summed E-state index contributed by atoms with van der Waals surface area (Å²) < 4.78 is 10.9. The highest BCUT2D eigenvalue weighted by Crippen LogP contribution is 2.33. The van der Waals surface area contributed by atoms with Gasteiger partial charge in [0, 0.05) is 17.0 Å². The van der Waals surface area contributed by atoms with E-state index in [0.29, 0.717) is 23.3 Å². The number of carbonyl (C=O) groups is 1. The topological polar surface area (TPSA) is 114 Å². The molecule has 0 atom stereocenters. The fourth-order valence-corrected chi connectivity index (χ4v) is 3.58. The maximum atomic E-state index is 11.4. The number of H-pyrrole nitrogens is 1. The van der Waals surface area contributed by atoms with Crippen LogP contribution in [0.3, 0.4) is 0 Å². The zero-order chi connectivity index (χ0) is 24.9. The van der Waals surface area contributed by atoms with Crippen LogP contribution in [-0.2, 0) is 4.79 Å². The number of hydrogen-bond acceptors (Lipinski definition) is 7. The Balaban J connectivity index is 0.000000165. The lowest BCUT2D eigenvalue weighted by atomic mass is 10.2. The van der Waals surface area contributed by atoms with Gasteiger partial charge in [-0.25, -0.2) is 9.97 Å². The van der Waals surface area contributed by atoms with Gasteiger partial charge in [-0.05, 0) is 74.9 Å². The van der Waals surface area contributed by atoms with E-state index >= 15 is 0 Å². The Hall–Kier alpha value is -4.14. The van der Waals surface area contributed by atoms with Crippen molar-refractivity contribution < 1.29 is 14.3 Å². The van der Waals surface area contributed by atoms with E-state index in [2.05, 4.69) is 30.8 Å². The third kappa shape index (κ3) is 6.10. The van der Waals surface area contributed by atoms with Crippen molar-refractivity contribution in [3.63, 3.8) is 0 Å². The summed E-state index contributed by atoms with van der Waals surface area (Å²) in [6.45, 7) is 2.58. The number of nitrogens with zero attached hydrogens (tertiary/aromatic N) is 3. The first kappa shape index (κ1) is 23.6. The molecule has 2 aliphatic rings. The summed E-state index contributed by atoms with van der Waals surface area (Å²) in [5.74, 6) is 4.63. The molecule has 9 heteroatoms. The van der Waals surface area contributed by atoms with Crippen molar-refractivity contribution in [2.75, 3.05) is 24.4 Å². The van der Waals surface area contributed by atoms with Crippen LogP contribution in [0, 0.1) is 18.8 Å². The molecule has 2 aliphatic carbocycles. The van der Waals surface area contributed by atoms with Crippen molar-refractivity contribution in [3.8, 4) is 11.5 Å². The van der Waals surface area contributed by atoms with E-state index in [4.69, 9.17) is 9.47 Å². The number of anilines is 3. The van der Waals surface area contributed by atoms with Gasteiger partial charge in [0.25, 0.3) is 0 Å². The molecule has 186 valence electrons. The van der Waals surface area contributed by atoms with Gasteiger partial charge in [-0.1, -0.05) is 12.1 Å². The number of methoxy groups -OCH3 is 1. The summed E-state index contributed by atoms with van der Waals surface area (Å²) in [6, 6.07) is 15.3. The normalized spacial score (nSPS) is 14.5. The minimum absolute atomic E-state index is 0.134. The fourth-order valence-electron chi connectivity index (χ4n) is 3.58. The quantitative estimate of drug-likeness (QED) is 0.312. The van der Waals surface area contributed by atoms with Gasteiger partial charge in [-0.15, -0.1) is 0 Å². The number of aromatic amines is 1. The maximum Gasteiger partial charge on any atom is 0.227 e. The van der Waals surface area contributed by atoms with Crippen molar-refractivity contribution in [1.29, 1.82) is 0 Å². The van der Waals surface area contributed by atoms with E-state index in [1.165, 1.54) is 12.8 Å². The second kappa shape index (κ2) is 10.6. The van der Waals surface area contributed by atoms with Crippen LogP contribution in [0.5, 0.6) is 11.5 Å². The number of hydrogen-bond donors (Lipinski definition) is 3. The van der Waals surface area contributed by atoms with Gasteiger partial charge < -0.3 is 20.1 Å². The van der Waals surface area contributed by atoms with E-state index in [0.717, 1.165) is 47.6 Å². The molecule has 1 amide bonds. The minimum Gasteiger partial charge on any atom is -0.497 e. The zero-order valence-electron chi connectivity index (χ0n) is 20.5. The van der Waals surface area contributed by atoms with Gasteiger partial charge in [-0.2, -0.15) is 5.10 Å². The average molecular weight is 487 g/mol. The Bertz CT molecular complexity index is 1330. The van der Waals surface area contributed by atoms with Crippen LogP contribution < -0.4 is 20.1 Å². The van der Waals surface area contributed by atoms with E-state index in [1.807, 2.05) is 55.5 Å². The number of amides is 1. The molecule has 2 aromatic carbocycles. The second-order valence-electron chi connectivity index (χ2n) is 9.12. The number of carbonyl (C=O) groups excluding carboxylic acids is 1. The standard InChI is InChI=1S/C16H17N5O.C11H13NO2/c1-10-17-8-14(22-9-11-6-7-11)16(18-10)19-15-12-4-2-3-5-13(12)20-21-15;1-14-10-6-4-9(5-7-10)12-11(13)8-2-3-8/h2-5,8,11H,6-7,9H2,1H3,(H2,17,18,19,20,21);4-8H,2-3H2,1H3,(H,12,13). The minimum atomic E-state index is 0.134. The molecule has 4 aromatic rings. The summed E-state index contributed by atoms with van der Waals surface area (Å²) in [5.41, 5.74) is 1.82. The van der Waals surface area contributed by atoms with Crippen molar-refractivity contribution in [2.24, 2.45) is 11.8 Å². The summed E-state index contributed by atoms with van der Waals surface area (Å²) in [5, 5.41) is 14.5. The van der Waals surface area contributed by atoms with Gasteiger partial charge in [0.2, 0.25) is 5.91 Å². The van der Waals surface area contributed by atoms with Crippen LogP contribution in [0.25, 0.3) is 10.9 Å². The van der Waals surface area contributed by atoms with Crippen molar-refractivity contribution in [1.82, 2.24) is 20.2 Å². The number of nitrogens with one attached hydrogen (secondary N) is 3. The lowest BCUT2D eigenvalue weighted by Crippen LogP contribution is -2.12. The number of rotatable bonds is 8. The Morgan fingerprint density at radius 3 is 2.56 bits per heavy atom. The molecule has 0 unspecified atom stereocenters. The van der Waals surface area contributed by atoms with Crippen LogP contribution >= 0.6 is 0 Å². The first-order chi connectivity index (χ1) is 17.6. The molecule has 0 radical (unpaired) electrons. The lowest BCUT2D eigenvalue weighted by Gasteiger charge is -2.11. The van der Waals surface area contributed by atoms with E-state index in [1.54, 1.807) is 13.3 Å². The second-order valence-corrected chi connectivity index (χ2v) is 9.12. The molecule has 2 saturated carbocycles. The van der Waals surface area contributed by atoms with Crippen LogP contribution in [0.15, 0.2) is 54.7 Å². The SMILES string of the molecule is COc1ccc(NC(=O)C2CC2)cc1.Cc1ncc(OCC2CC2)c(Nc2n[nH]c3ccccc23)n1. The Morgan fingerprint density at radius 2 is 1.83 bits per heavy atom. The highest BCUT2D eigenvalue weighted by molar-refractivity contribution is 5.94. The number of aryl methyl sites for hydroxylation is 1. The predicted molar refractivity (Wildman–Crippen MR) is 139 cm³/mol. The highest BCUT2D eigenvalue weighted by Gasteiger charge is 2.29. The third-order valence-electron chi connectivity index (χ3n) is 6.06. The van der Waals surface area contributed by atoms with E-state index < -0.39 is 0 Å². The molecule has 36 heavy (non-hydrogen) atoms. The molecule has 2 heterocycles. The first-order valence-corrected chi connectivity index (χ1v) is 12.2. The predicted octanol–water partition coefficient (Wildman–Crippen LogP) is 5.24. The monoisotopic (exact) mass is 486 g/mol. The van der Waals surface area contributed by atoms with E-state index in [-0.39, 0.29) is 11.8 Å². The molecule has 2 fully saturated rings. The molecular formula is C27H30N6O3. The molecule has 0 bridgehead atoms. The smallest absolute Gasteiger partial charge is 0.227 e. The summed E-state index contributed by atoms with van der Waals surface area (Å²) in [4.78, 5) is 20.1. The average Bonchev–Trinajstić information content (AvgIpc) is 3.83. The van der Waals surface area contributed by atoms with Gasteiger partial charge in [0.05, 0.1) is 25.4 Å². The Labute approximate surface area is 209 Å². The molecule has 0 saturated heterocycles. The van der Waals surface area contributed by atoms with Gasteiger partial charge in [0.1, 0.15) is 11.6 Å². The van der Waals surface area contributed by atoms with Gasteiger partial charge in [-0.3, -0.25) is 9.89 Å². The molecule has 0 spiro atoms. The Kier molecular flexibility index (Phi) is 6.97. The zero-order valence-corrected chi connectivity index (χ0v) is 20.5. The summed E-state index contributed by atoms with van der Waals surface area (Å²) >= 11 is 0. The Morgan fingerprint density at radius 1 is 1.06 bits per heavy atom. The van der Waals surface area contributed by atoms with Crippen LogP contribution in [-0.4, -0.2) is 39.8 Å². The third-order valence-corrected chi connectivity index (χ3v) is 6.06. The molecule has 0 aliphatic heterocycles. The number of para-hydroxylation sites is 1. The van der Waals surface area contributed by atoms with Crippen LogP contribution in [0.2, 0.25) is 0 Å². The maximum absolute atomic E-state index is 11.4. The number of ether oxygens (including phenoxy) is 2. The molecule has 9 nitrogen and oxygen atoms in total. The molecule has 3 N–H and O–H groups in total. The number of aromatic nitrogens is 4. The number of benzene rings is 2. The van der Waals surface area contributed by atoms with Crippen molar-refractivity contribution >= 4 is 34.1 Å². The summed E-state index contributed by atoms with van der Waals surface area (Å²) in [7, 11) is 1.62. The molecule has 2 aromatic heterocycles. The first-order valence-electron chi connectivity index (χ1n) is 12.2. The van der Waals surface area contributed by atoms with Crippen molar-refractivity contribution in [2.45, 2.75) is 32.6 Å². The molecule has 6 rings (SSSR count). The van der Waals surface area contributed by atoms with Crippen molar-refractivity contribution in [3.05, 3.63) is 60.6 Å². The van der Waals surface area contributed by atoms with Gasteiger partial charge >= 0.3 is 0 Å². The highest BCUT2D eigenvalue weighted by atomic mass is 16.5. The fraction of sp³-hybridized carbons (Fsp3) is 0.333. The molecular weight excluding hydrogens is 456 g/mol. The lowest BCUT2D eigenvalue weighted by molar-refractivity contribution is -0.117.